The molecule has 0 spiro atoms. The minimum absolute atomic E-state index is 0.0202. The first kappa shape index (κ1) is 29.9. The summed E-state index contributed by atoms with van der Waals surface area (Å²) in [7, 11) is 0. The van der Waals surface area contributed by atoms with E-state index in [-0.39, 0.29) is 29.5 Å². The quantitative estimate of drug-likeness (QED) is 0.300. The van der Waals surface area contributed by atoms with E-state index in [4.69, 9.17) is 19.3 Å². The van der Waals surface area contributed by atoms with Crippen LogP contribution in [0.4, 0.5) is 0 Å². The number of aliphatic hydroxyl groups excluding tert-OH is 1. The van der Waals surface area contributed by atoms with E-state index in [2.05, 4.69) is 46.4 Å². The summed E-state index contributed by atoms with van der Waals surface area (Å²) in [4.78, 5) is 26.4. The first-order chi connectivity index (χ1) is 15.4. The van der Waals surface area contributed by atoms with Crippen LogP contribution in [0.3, 0.4) is 0 Å². The smallest absolute Gasteiger partial charge is 0.307 e. The highest BCUT2D eigenvalue weighted by molar-refractivity contribution is 5.69. The summed E-state index contributed by atoms with van der Waals surface area (Å²) in [6.07, 6.45) is 5.73. The first-order valence-electron chi connectivity index (χ1n) is 12.7. The van der Waals surface area contributed by atoms with Gasteiger partial charge in [-0.25, -0.2) is 0 Å². The van der Waals surface area contributed by atoms with Crippen molar-refractivity contribution in [3.05, 3.63) is 0 Å². The van der Waals surface area contributed by atoms with Crippen molar-refractivity contribution >= 4 is 11.9 Å². The number of nitrogens with zero attached hydrogens (tertiary/aromatic N) is 1. The van der Waals surface area contributed by atoms with Gasteiger partial charge in [-0.3, -0.25) is 14.5 Å². The molecule has 0 atom stereocenters. The Morgan fingerprint density at radius 1 is 0.818 bits per heavy atom. The van der Waals surface area contributed by atoms with Crippen molar-refractivity contribution in [2.45, 2.75) is 92.0 Å². The average molecular weight is 472 g/mol. The summed E-state index contributed by atoms with van der Waals surface area (Å²) < 4.78 is 16.4. The van der Waals surface area contributed by atoms with Crippen molar-refractivity contribution < 1.29 is 28.9 Å². The normalized spacial score (nSPS) is 19.5. The molecule has 0 unspecified atom stereocenters. The zero-order valence-corrected chi connectivity index (χ0v) is 22.0. The highest BCUT2D eigenvalue weighted by Crippen LogP contribution is 2.29. The first-order valence-corrected chi connectivity index (χ1v) is 12.7. The highest BCUT2D eigenvalue weighted by atomic mass is 16.5. The third kappa shape index (κ3) is 14.6. The van der Waals surface area contributed by atoms with Gasteiger partial charge in [-0.15, -0.1) is 0 Å². The molecule has 194 valence electrons. The largest absolute Gasteiger partial charge is 0.465 e. The second-order valence-corrected chi connectivity index (χ2v) is 11.6. The molecule has 0 amide bonds. The lowest BCUT2D eigenvalue weighted by Crippen LogP contribution is -2.44. The Labute approximate surface area is 201 Å². The van der Waals surface area contributed by atoms with Crippen molar-refractivity contribution in [1.82, 2.24) is 4.90 Å². The van der Waals surface area contributed by atoms with Gasteiger partial charge in [0.25, 0.3) is 0 Å². The summed E-state index contributed by atoms with van der Waals surface area (Å²) >= 11 is 0. The van der Waals surface area contributed by atoms with Crippen LogP contribution in [0.1, 0.15) is 86.5 Å². The van der Waals surface area contributed by atoms with Crippen molar-refractivity contribution in [3.63, 3.8) is 0 Å². The van der Waals surface area contributed by atoms with Crippen LogP contribution >= 0.6 is 0 Å². The van der Waals surface area contributed by atoms with E-state index in [1.165, 1.54) is 0 Å². The number of aliphatic hydroxyl groups is 1. The van der Waals surface area contributed by atoms with Gasteiger partial charge in [-0.05, 0) is 70.1 Å². The summed E-state index contributed by atoms with van der Waals surface area (Å²) in [5, 5.41) is 8.82. The zero-order chi connectivity index (χ0) is 24.9. The van der Waals surface area contributed by atoms with Crippen molar-refractivity contribution in [3.8, 4) is 0 Å². The van der Waals surface area contributed by atoms with Crippen LogP contribution in [0.15, 0.2) is 0 Å². The van der Waals surface area contributed by atoms with E-state index in [0.29, 0.717) is 64.2 Å². The predicted molar refractivity (Wildman–Crippen MR) is 130 cm³/mol. The molecule has 7 heteroatoms. The van der Waals surface area contributed by atoms with Crippen molar-refractivity contribution in [2.24, 2.45) is 17.3 Å². The fourth-order valence-corrected chi connectivity index (χ4v) is 3.96. The summed E-state index contributed by atoms with van der Waals surface area (Å²) in [5.41, 5.74) is 0.0751. The molecule has 0 aliphatic heterocycles. The minimum atomic E-state index is -0.157. The third-order valence-corrected chi connectivity index (χ3v) is 6.28. The van der Waals surface area contributed by atoms with Gasteiger partial charge < -0.3 is 19.3 Å². The second kappa shape index (κ2) is 14.9. The summed E-state index contributed by atoms with van der Waals surface area (Å²) in [5.74, 6) is 0.567. The van der Waals surface area contributed by atoms with Crippen LogP contribution < -0.4 is 0 Å². The topological polar surface area (TPSA) is 85.3 Å². The Hall–Kier alpha value is -1.18. The molecule has 1 fully saturated rings. The lowest BCUT2D eigenvalue weighted by atomic mass is 9.83. The van der Waals surface area contributed by atoms with Crippen LogP contribution in [0, 0.1) is 17.3 Å². The fraction of sp³-hybridized carbons (Fsp3) is 0.923. The molecule has 0 heterocycles. The number of esters is 2. The second-order valence-electron chi connectivity index (χ2n) is 11.6. The molecule has 1 aliphatic rings. The monoisotopic (exact) mass is 471 g/mol. The number of ether oxygens (including phenoxy) is 3. The van der Waals surface area contributed by atoms with Crippen molar-refractivity contribution in [1.29, 1.82) is 0 Å². The van der Waals surface area contributed by atoms with Gasteiger partial charge in [0.1, 0.15) is 0 Å². The Bertz CT molecular complexity index is 558. The van der Waals surface area contributed by atoms with E-state index < -0.39 is 0 Å². The molecule has 0 radical (unpaired) electrons. The molecule has 1 aliphatic carbocycles. The van der Waals surface area contributed by atoms with Gasteiger partial charge in [0.2, 0.25) is 0 Å². The lowest BCUT2D eigenvalue weighted by molar-refractivity contribution is -0.148. The van der Waals surface area contributed by atoms with Gasteiger partial charge in [-0.2, -0.15) is 0 Å². The predicted octanol–water partition coefficient (Wildman–Crippen LogP) is 4.21. The van der Waals surface area contributed by atoms with Gasteiger partial charge in [-0.1, -0.05) is 20.8 Å². The van der Waals surface area contributed by atoms with Crippen LogP contribution in [0.2, 0.25) is 0 Å². The molecule has 1 rings (SSSR count). The minimum Gasteiger partial charge on any atom is -0.465 e. The SMILES string of the molecule is CC(C)(C)CCC(=O)OCC1CCC(COC(=O)CCN(CCOCCO)C(C)(C)C)CC1. The number of rotatable bonds is 14. The molecular formula is C26H49NO6. The molecule has 0 saturated heterocycles. The summed E-state index contributed by atoms with van der Waals surface area (Å²) in [6, 6.07) is 0. The Kier molecular flexibility index (Phi) is 13.5. The van der Waals surface area contributed by atoms with Gasteiger partial charge in [0.15, 0.2) is 0 Å². The lowest BCUT2D eigenvalue weighted by Gasteiger charge is -2.35. The average Bonchev–Trinajstić information content (AvgIpc) is 2.73. The maximum atomic E-state index is 12.3. The van der Waals surface area contributed by atoms with Gasteiger partial charge >= 0.3 is 11.9 Å². The van der Waals surface area contributed by atoms with Gasteiger partial charge in [0, 0.05) is 25.0 Å². The van der Waals surface area contributed by atoms with E-state index >= 15 is 0 Å². The fourth-order valence-electron chi connectivity index (χ4n) is 3.96. The maximum Gasteiger partial charge on any atom is 0.307 e. The van der Waals surface area contributed by atoms with Gasteiger partial charge in [0.05, 0.1) is 39.5 Å². The zero-order valence-electron chi connectivity index (χ0n) is 22.0. The van der Waals surface area contributed by atoms with E-state index in [9.17, 15) is 9.59 Å². The number of hydrogen-bond donors (Lipinski definition) is 1. The number of carbonyl (C=O) groups excluding carboxylic acids is 2. The Balaban J connectivity index is 2.21. The molecule has 1 saturated carbocycles. The summed E-state index contributed by atoms with van der Waals surface area (Å²) in [6.45, 7) is 15.9. The highest BCUT2D eigenvalue weighted by Gasteiger charge is 2.25. The molecule has 0 aromatic heterocycles. The number of hydrogen-bond acceptors (Lipinski definition) is 7. The van der Waals surface area contributed by atoms with Crippen LogP contribution in [0.5, 0.6) is 0 Å². The number of carbonyl (C=O) groups is 2. The third-order valence-electron chi connectivity index (χ3n) is 6.28. The molecule has 0 aromatic rings. The molecular weight excluding hydrogens is 422 g/mol. The van der Waals surface area contributed by atoms with Crippen LogP contribution in [-0.4, -0.2) is 73.6 Å². The van der Waals surface area contributed by atoms with E-state index in [0.717, 1.165) is 32.1 Å². The van der Waals surface area contributed by atoms with Crippen LogP contribution in [0.25, 0.3) is 0 Å². The molecule has 0 bridgehead atoms. The molecule has 33 heavy (non-hydrogen) atoms. The molecule has 1 N–H and O–H groups in total. The standard InChI is InChI=1S/C26H49NO6/c1-25(2,3)13-11-23(29)32-19-21-7-9-22(10-8-21)20-33-24(30)12-14-27(26(4,5)6)15-17-31-18-16-28/h21-22,28H,7-20H2,1-6H3. The Morgan fingerprint density at radius 2 is 1.33 bits per heavy atom. The van der Waals surface area contributed by atoms with Crippen molar-refractivity contribution in [2.75, 3.05) is 46.1 Å². The molecule has 7 nitrogen and oxygen atoms in total. The molecule has 0 aromatic carbocycles. The van der Waals surface area contributed by atoms with E-state index in [1.807, 2.05) is 0 Å². The Morgan fingerprint density at radius 3 is 1.79 bits per heavy atom. The maximum absolute atomic E-state index is 12.3. The van der Waals surface area contributed by atoms with E-state index in [1.54, 1.807) is 0 Å². The van der Waals surface area contributed by atoms with Crippen LogP contribution in [-0.2, 0) is 23.8 Å².